The van der Waals surface area contributed by atoms with Gasteiger partial charge >= 0.3 is 0 Å². The van der Waals surface area contributed by atoms with E-state index in [0.29, 0.717) is 19.0 Å². The van der Waals surface area contributed by atoms with Gasteiger partial charge in [0, 0.05) is 31.7 Å². The molecular weight excluding hydrogens is 515 g/mol. The van der Waals surface area contributed by atoms with Crippen molar-refractivity contribution in [2.75, 3.05) is 13.1 Å². The van der Waals surface area contributed by atoms with Crippen LogP contribution in [0.4, 0.5) is 0 Å². The number of aliphatic hydroxyl groups excluding tert-OH is 1. The Kier molecular flexibility index (Phi) is 9.64. The fourth-order valence-electron chi connectivity index (χ4n) is 3.12. The van der Waals surface area contributed by atoms with Crippen LogP contribution in [-0.4, -0.2) is 38.9 Å². The van der Waals surface area contributed by atoms with Crippen LogP contribution in [0.2, 0.25) is 0 Å². The molecule has 0 saturated carbocycles. The Bertz CT molecular complexity index is 980. The van der Waals surface area contributed by atoms with Crippen molar-refractivity contribution < 1.29 is 5.11 Å². The zero-order valence-corrected chi connectivity index (χ0v) is 21.4. The fourth-order valence-corrected chi connectivity index (χ4v) is 3.12. The van der Waals surface area contributed by atoms with Crippen molar-refractivity contribution in [3.63, 3.8) is 0 Å². The van der Waals surface area contributed by atoms with Crippen molar-refractivity contribution in [3.05, 3.63) is 77.7 Å². The molecule has 7 nitrogen and oxygen atoms in total. The van der Waals surface area contributed by atoms with Crippen LogP contribution in [-0.2, 0) is 12.0 Å². The maximum Gasteiger partial charge on any atom is 0.191 e. The molecule has 2 aromatic heterocycles. The lowest BCUT2D eigenvalue weighted by Gasteiger charge is -2.20. The highest BCUT2D eigenvalue weighted by Gasteiger charge is 2.15. The number of guanidine groups is 1. The summed E-state index contributed by atoms with van der Waals surface area (Å²) in [4.78, 5) is 8.99. The monoisotopic (exact) mass is 548 g/mol. The van der Waals surface area contributed by atoms with Gasteiger partial charge in [0.05, 0.1) is 12.6 Å². The topological polar surface area (TPSA) is 87.4 Å². The largest absolute Gasteiger partial charge is 0.387 e. The number of halogens is 1. The molecule has 3 rings (SSSR count). The van der Waals surface area contributed by atoms with Crippen molar-refractivity contribution in [1.82, 2.24) is 25.4 Å². The lowest BCUT2D eigenvalue weighted by molar-refractivity contribution is 0.181. The summed E-state index contributed by atoms with van der Waals surface area (Å²) < 4.78 is 1.72. The molecule has 0 fully saturated rings. The number of hydrogen-bond acceptors (Lipinski definition) is 4. The summed E-state index contributed by atoms with van der Waals surface area (Å²) in [6, 6.07) is 13.9. The molecule has 2 heterocycles. The van der Waals surface area contributed by atoms with E-state index in [9.17, 15) is 5.11 Å². The van der Waals surface area contributed by atoms with E-state index in [0.717, 1.165) is 23.5 Å². The maximum absolute atomic E-state index is 10.6. The van der Waals surface area contributed by atoms with Crippen molar-refractivity contribution in [3.8, 4) is 5.82 Å². The minimum atomic E-state index is -0.620. The Morgan fingerprint density at radius 2 is 1.88 bits per heavy atom. The van der Waals surface area contributed by atoms with Gasteiger partial charge in [-0.1, -0.05) is 45.0 Å². The Balaban J connectivity index is 0.00000363. The molecule has 32 heavy (non-hydrogen) atoms. The molecule has 0 saturated heterocycles. The van der Waals surface area contributed by atoms with E-state index in [1.807, 2.05) is 43.5 Å². The summed E-state index contributed by atoms with van der Waals surface area (Å²) in [5, 5.41) is 21.3. The van der Waals surface area contributed by atoms with E-state index in [-0.39, 0.29) is 29.4 Å². The second-order valence-corrected chi connectivity index (χ2v) is 8.44. The molecule has 0 aliphatic heterocycles. The molecular formula is C24H33IN6O. The van der Waals surface area contributed by atoms with Gasteiger partial charge in [-0.2, -0.15) is 5.10 Å². The molecule has 0 aliphatic carbocycles. The second kappa shape index (κ2) is 12.0. The van der Waals surface area contributed by atoms with Crippen LogP contribution in [0.5, 0.6) is 0 Å². The van der Waals surface area contributed by atoms with Crippen LogP contribution >= 0.6 is 24.0 Å². The van der Waals surface area contributed by atoms with Gasteiger partial charge in [-0.05, 0) is 47.2 Å². The number of benzene rings is 1. The Morgan fingerprint density at radius 1 is 1.12 bits per heavy atom. The van der Waals surface area contributed by atoms with Gasteiger partial charge in [-0.25, -0.2) is 14.7 Å². The summed E-state index contributed by atoms with van der Waals surface area (Å²) in [6.45, 7) is 10.1. The predicted octanol–water partition coefficient (Wildman–Crippen LogP) is 3.97. The third-order valence-electron chi connectivity index (χ3n) is 4.94. The number of nitrogens with one attached hydrogen (secondary N) is 2. The highest BCUT2D eigenvalue weighted by molar-refractivity contribution is 14.0. The molecule has 0 amide bonds. The first-order valence-electron chi connectivity index (χ1n) is 10.6. The highest BCUT2D eigenvalue weighted by atomic mass is 127. The number of rotatable bonds is 7. The van der Waals surface area contributed by atoms with Gasteiger partial charge in [-0.3, -0.25) is 0 Å². The van der Waals surface area contributed by atoms with E-state index in [2.05, 4.69) is 58.6 Å². The standard InChI is InChI=1S/C24H32N6O.HI/c1-5-25-23(27-16-18-11-13-26-22(15-18)30-14-6-12-29-30)28-17-21(31)19-7-9-20(10-8-19)24(2,3)4;/h6-15,21,31H,5,16-17H2,1-4H3,(H2,25,27,28);1H. The fraction of sp³-hybridized carbons (Fsp3) is 0.375. The van der Waals surface area contributed by atoms with Crippen molar-refractivity contribution >= 4 is 29.9 Å². The zero-order valence-electron chi connectivity index (χ0n) is 19.1. The Labute approximate surface area is 207 Å². The number of aliphatic imine (C=N–C) groups is 1. The summed E-state index contributed by atoms with van der Waals surface area (Å²) >= 11 is 0. The average Bonchev–Trinajstić information content (AvgIpc) is 3.30. The molecule has 1 unspecified atom stereocenters. The molecule has 1 atom stereocenters. The Morgan fingerprint density at radius 3 is 2.50 bits per heavy atom. The minimum Gasteiger partial charge on any atom is -0.387 e. The molecule has 3 aromatic rings. The number of pyridine rings is 1. The van der Waals surface area contributed by atoms with Crippen LogP contribution in [0.1, 0.15) is 50.5 Å². The van der Waals surface area contributed by atoms with E-state index in [1.165, 1.54) is 5.56 Å². The molecule has 172 valence electrons. The number of hydrogen-bond donors (Lipinski definition) is 3. The third kappa shape index (κ3) is 7.30. The van der Waals surface area contributed by atoms with Crippen LogP contribution in [0.25, 0.3) is 5.82 Å². The predicted molar refractivity (Wildman–Crippen MR) is 140 cm³/mol. The van der Waals surface area contributed by atoms with E-state index >= 15 is 0 Å². The summed E-state index contributed by atoms with van der Waals surface area (Å²) in [5.74, 6) is 1.41. The van der Waals surface area contributed by atoms with Gasteiger partial charge in [0.15, 0.2) is 11.8 Å². The van der Waals surface area contributed by atoms with Gasteiger partial charge in [0.1, 0.15) is 0 Å². The lowest BCUT2D eigenvalue weighted by Crippen LogP contribution is -2.39. The van der Waals surface area contributed by atoms with E-state index < -0.39 is 6.10 Å². The first-order chi connectivity index (χ1) is 14.9. The second-order valence-electron chi connectivity index (χ2n) is 8.44. The molecule has 0 aliphatic rings. The highest BCUT2D eigenvalue weighted by Crippen LogP contribution is 2.23. The molecule has 3 N–H and O–H groups in total. The van der Waals surface area contributed by atoms with Crippen molar-refractivity contribution in [1.29, 1.82) is 0 Å². The van der Waals surface area contributed by atoms with Gasteiger partial charge < -0.3 is 15.7 Å². The third-order valence-corrected chi connectivity index (χ3v) is 4.94. The first-order valence-corrected chi connectivity index (χ1v) is 10.6. The number of aromatic nitrogens is 3. The smallest absolute Gasteiger partial charge is 0.191 e. The van der Waals surface area contributed by atoms with E-state index in [4.69, 9.17) is 0 Å². The Hall–Kier alpha value is -2.46. The SMILES string of the molecule is CCNC(=NCc1ccnc(-n2cccn2)c1)NCC(O)c1ccc(C(C)(C)C)cc1.I. The van der Waals surface area contributed by atoms with E-state index in [1.54, 1.807) is 17.1 Å². The number of aliphatic hydroxyl groups is 1. The van der Waals surface area contributed by atoms with Crippen LogP contribution in [0.3, 0.4) is 0 Å². The molecule has 0 bridgehead atoms. The quantitative estimate of drug-likeness (QED) is 0.236. The summed E-state index contributed by atoms with van der Waals surface area (Å²) in [6.07, 6.45) is 4.72. The van der Waals surface area contributed by atoms with Crippen molar-refractivity contribution in [2.24, 2.45) is 4.99 Å². The normalized spacial score (nSPS) is 12.7. The van der Waals surface area contributed by atoms with Gasteiger partial charge in [0.2, 0.25) is 0 Å². The van der Waals surface area contributed by atoms with Crippen molar-refractivity contribution in [2.45, 2.75) is 45.8 Å². The zero-order chi connectivity index (χ0) is 22.3. The van der Waals surface area contributed by atoms with Gasteiger partial charge in [0.25, 0.3) is 0 Å². The average molecular weight is 548 g/mol. The maximum atomic E-state index is 10.6. The van der Waals surface area contributed by atoms with Crippen LogP contribution in [0.15, 0.2) is 66.0 Å². The summed E-state index contributed by atoms with van der Waals surface area (Å²) in [7, 11) is 0. The molecule has 0 radical (unpaired) electrons. The summed E-state index contributed by atoms with van der Waals surface area (Å²) in [5.41, 5.74) is 3.25. The lowest BCUT2D eigenvalue weighted by atomic mass is 9.86. The first kappa shape index (κ1) is 25.8. The molecule has 0 spiro atoms. The minimum absolute atomic E-state index is 0. The van der Waals surface area contributed by atoms with Crippen LogP contribution < -0.4 is 10.6 Å². The van der Waals surface area contributed by atoms with Crippen LogP contribution in [0, 0.1) is 0 Å². The molecule has 8 heteroatoms. The van der Waals surface area contributed by atoms with Gasteiger partial charge in [-0.15, -0.1) is 24.0 Å². The number of nitrogens with zero attached hydrogens (tertiary/aromatic N) is 4. The molecule has 1 aromatic carbocycles.